The van der Waals surface area contributed by atoms with Crippen LogP contribution >= 0.6 is 11.6 Å². The molecule has 0 saturated carbocycles. The van der Waals surface area contributed by atoms with Crippen LogP contribution in [0.2, 0.25) is 5.02 Å². The highest BCUT2D eigenvalue weighted by Gasteiger charge is 2.42. The van der Waals surface area contributed by atoms with Gasteiger partial charge >= 0.3 is 12.1 Å². The molecular weight excluding hydrogens is 307 g/mol. The minimum absolute atomic E-state index is 0.0442. The maximum atomic E-state index is 13.1. The average molecular weight is 324 g/mol. The second-order valence-corrected chi connectivity index (χ2v) is 5.06. The van der Waals surface area contributed by atoms with E-state index in [9.17, 15) is 18.0 Å². The first-order chi connectivity index (χ1) is 9.75. The van der Waals surface area contributed by atoms with Gasteiger partial charge in [-0.15, -0.1) is 0 Å². The summed E-state index contributed by atoms with van der Waals surface area (Å²) in [5.74, 6) is -2.83. The number of benzene rings is 1. The number of anilines is 1. The predicted molar refractivity (Wildman–Crippen MR) is 75.1 cm³/mol. The highest BCUT2D eigenvalue weighted by atomic mass is 35.5. The van der Waals surface area contributed by atoms with Crippen LogP contribution in [0.25, 0.3) is 0 Å². The highest BCUT2D eigenvalue weighted by molar-refractivity contribution is 6.33. The Morgan fingerprint density at radius 3 is 2.62 bits per heavy atom. The molecule has 1 aromatic carbocycles. The van der Waals surface area contributed by atoms with E-state index in [0.717, 1.165) is 12.5 Å². The van der Waals surface area contributed by atoms with Crippen LogP contribution in [0.1, 0.15) is 37.7 Å². The van der Waals surface area contributed by atoms with E-state index in [1.807, 2.05) is 6.92 Å². The molecule has 0 aliphatic heterocycles. The van der Waals surface area contributed by atoms with Gasteiger partial charge in [-0.1, -0.05) is 31.0 Å². The van der Waals surface area contributed by atoms with Crippen LogP contribution in [0.4, 0.5) is 18.9 Å². The van der Waals surface area contributed by atoms with Gasteiger partial charge in [0.25, 0.3) is 0 Å². The Morgan fingerprint density at radius 1 is 1.43 bits per heavy atom. The monoisotopic (exact) mass is 323 g/mol. The molecule has 21 heavy (non-hydrogen) atoms. The lowest BCUT2D eigenvalue weighted by atomic mass is 9.94. The molecule has 1 aromatic rings. The summed E-state index contributed by atoms with van der Waals surface area (Å²) < 4.78 is 44.1. The van der Waals surface area contributed by atoms with Crippen LogP contribution < -0.4 is 5.73 Å². The first-order valence-corrected chi connectivity index (χ1v) is 6.90. The van der Waals surface area contributed by atoms with Crippen LogP contribution in [0.3, 0.4) is 0 Å². The summed E-state index contributed by atoms with van der Waals surface area (Å²) in [7, 11) is 0. The van der Waals surface area contributed by atoms with E-state index in [2.05, 4.69) is 0 Å². The Balaban J connectivity index is 2.86. The molecule has 7 heteroatoms. The smallest absolute Gasteiger partial charge is 0.396 e. The Kier molecular flexibility index (Phi) is 6.33. The zero-order valence-electron chi connectivity index (χ0n) is 11.5. The van der Waals surface area contributed by atoms with Gasteiger partial charge in [-0.3, -0.25) is 4.79 Å². The number of hydrogen-bond acceptors (Lipinski definition) is 3. The molecule has 0 heterocycles. The maximum Gasteiger partial charge on any atom is 0.396 e. The van der Waals surface area contributed by atoms with Crippen molar-refractivity contribution in [2.24, 2.45) is 0 Å². The Bertz CT molecular complexity index is 492. The second-order valence-electron chi connectivity index (χ2n) is 4.65. The molecule has 2 N–H and O–H groups in total. The third-order valence-corrected chi connectivity index (χ3v) is 3.29. The van der Waals surface area contributed by atoms with Crippen molar-refractivity contribution in [1.29, 1.82) is 0 Å². The molecule has 0 radical (unpaired) electrons. The first-order valence-electron chi connectivity index (χ1n) is 6.53. The molecule has 1 rings (SSSR count). The summed E-state index contributed by atoms with van der Waals surface area (Å²) in [4.78, 5) is 11.5. The van der Waals surface area contributed by atoms with Crippen LogP contribution in [-0.2, 0) is 9.53 Å². The van der Waals surface area contributed by atoms with Crippen molar-refractivity contribution in [3.63, 3.8) is 0 Å². The number of alkyl halides is 3. The van der Waals surface area contributed by atoms with Crippen molar-refractivity contribution >= 4 is 23.3 Å². The summed E-state index contributed by atoms with van der Waals surface area (Å²) in [5, 5.41) is 0.171. The molecule has 118 valence electrons. The van der Waals surface area contributed by atoms with Crippen LogP contribution in [0.15, 0.2) is 18.2 Å². The molecule has 0 spiro atoms. The predicted octanol–water partition coefficient (Wildman–Crippen LogP) is 4.30. The number of hydrogen-bond donors (Lipinski definition) is 1. The van der Waals surface area contributed by atoms with E-state index in [1.54, 1.807) is 0 Å². The molecule has 0 aliphatic carbocycles. The summed E-state index contributed by atoms with van der Waals surface area (Å²) in [6.45, 7) is 2.02. The number of carbonyl (C=O) groups excluding carboxylic acids is 1. The van der Waals surface area contributed by atoms with Gasteiger partial charge in [-0.25, -0.2) is 0 Å². The van der Waals surface area contributed by atoms with Crippen molar-refractivity contribution in [3.05, 3.63) is 28.8 Å². The fourth-order valence-corrected chi connectivity index (χ4v) is 1.88. The summed E-state index contributed by atoms with van der Waals surface area (Å²) in [6.07, 6.45) is -3.92. The highest BCUT2D eigenvalue weighted by Crippen LogP contribution is 2.39. The van der Waals surface area contributed by atoms with E-state index in [-0.39, 0.29) is 22.9 Å². The maximum absolute atomic E-state index is 13.1. The van der Waals surface area contributed by atoms with Crippen LogP contribution in [0.5, 0.6) is 0 Å². The number of nitrogens with two attached hydrogens (primary N) is 1. The van der Waals surface area contributed by atoms with Gasteiger partial charge in [0.05, 0.1) is 29.7 Å². The third kappa shape index (κ3) is 5.46. The number of carbonyl (C=O) groups is 1. The Morgan fingerprint density at radius 2 is 2.10 bits per heavy atom. The minimum atomic E-state index is -4.57. The first kappa shape index (κ1) is 17.6. The number of halogens is 4. The van der Waals surface area contributed by atoms with Crippen LogP contribution in [-0.4, -0.2) is 18.8 Å². The largest absolute Gasteiger partial charge is 0.466 e. The molecule has 0 amide bonds. The van der Waals surface area contributed by atoms with E-state index >= 15 is 0 Å². The van der Waals surface area contributed by atoms with E-state index in [1.165, 1.54) is 12.1 Å². The summed E-state index contributed by atoms with van der Waals surface area (Å²) in [5.41, 5.74) is 5.46. The average Bonchev–Trinajstić information content (AvgIpc) is 2.38. The van der Waals surface area contributed by atoms with Gasteiger partial charge in [0.2, 0.25) is 0 Å². The molecule has 0 unspecified atom stereocenters. The molecule has 0 fully saturated rings. The number of unbranched alkanes of at least 4 members (excludes halogenated alkanes) is 1. The number of ether oxygens (including phenoxy) is 1. The number of nitrogen functional groups attached to an aromatic ring is 1. The summed E-state index contributed by atoms with van der Waals surface area (Å²) >= 11 is 5.69. The standard InChI is InChI=1S/C14H17ClF3NO2/c1-2-3-6-21-13(20)8-10(14(16,17)18)9-4-5-11(15)12(19)7-9/h4-5,7,10H,2-3,6,8,19H2,1H3/t10-/m0/s1. The SMILES string of the molecule is CCCCOC(=O)C[C@@H](c1ccc(Cl)c(N)c1)C(F)(F)F. The topological polar surface area (TPSA) is 52.3 Å². The minimum Gasteiger partial charge on any atom is -0.466 e. The molecule has 0 saturated heterocycles. The molecular formula is C14H17ClF3NO2. The van der Waals surface area contributed by atoms with Gasteiger partial charge in [-0.2, -0.15) is 13.2 Å². The fourth-order valence-electron chi connectivity index (χ4n) is 1.76. The number of esters is 1. The lowest BCUT2D eigenvalue weighted by molar-refractivity contribution is -0.166. The zero-order chi connectivity index (χ0) is 16.0. The van der Waals surface area contributed by atoms with E-state index in [0.29, 0.717) is 6.42 Å². The normalized spacial score (nSPS) is 13.0. The molecule has 3 nitrogen and oxygen atoms in total. The fraction of sp³-hybridized carbons (Fsp3) is 0.500. The zero-order valence-corrected chi connectivity index (χ0v) is 12.3. The Labute approximate surface area is 126 Å². The van der Waals surface area contributed by atoms with Crippen molar-refractivity contribution in [1.82, 2.24) is 0 Å². The molecule has 0 bridgehead atoms. The molecule has 0 aliphatic rings. The Hall–Kier alpha value is -1.43. The third-order valence-electron chi connectivity index (χ3n) is 2.95. The van der Waals surface area contributed by atoms with Crippen molar-refractivity contribution in [2.45, 2.75) is 38.3 Å². The van der Waals surface area contributed by atoms with Gasteiger partial charge in [-0.05, 0) is 24.1 Å². The van der Waals surface area contributed by atoms with Gasteiger partial charge in [0.15, 0.2) is 0 Å². The van der Waals surface area contributed by atoms with Gasteiger partial charge in [0.1, 0.15) is 0 Å². The summed E-state index contributed by atoms with van der Waals surface area (Å²) in [6, 6.07) is 3.64. The van der Waals surface area contributed by atoms with E-state index < -0.39 is 24.5 Å². The van der Waals surface area contributed by atoms with Crippen LogP contribution in [0, 0.1) is 0 Å². The van der Waals surface area contributed by atoms with Crippen molar-refractivity contribution in [2.75, 3.05) is 12.3 Å². The van der Waals surface area contributed by atoms with Gasteiger partial charge < -0.3 is 10.5 Å². The molecule has 0 aromatic heterocycles. The lowest BCUT2D eigenvalue weighted by Gasteiger charge is -2.20. The van der Waals surface area contributed by atoms with Gasteiger partial charge in [0, 0.05) is 0 Å². The quantitative estimate of drug-likeness (QED) is 0.482. The number of rotatable bonds is 6. The lowest BCUT2D eigenvalue weighted by Crippen LogP contribution is -2.25. The van der Waals surface area contributed by atoms with E-state index in [4.69, 9.17) is 22.1 Å². The van der Waals surface area contributed by atoms with Crippen molar-refractivity contribution < 1.29 is 22.7 Å². The molecule has 1 atom stereocenters. The van der Waals surface area contributed by atoms with Crippen molar-refractivity contribution in [3.8, 4) is 0 Å². The second kappa shape index (κ2) is 7.54.